The van der Waals surface area contributed by atoms with E-state index >= 15 is 0 Å². The van der Waals surface area contributed by atoms with Crippen molar-refractivity contribution in [2.45, 2.75) is 12.5 Å². The average Bonchev–Trinajstić information content (AvgIpc) is 1.95. The highest BCUT2D eigenvalue weighted by atomic mass is 127. The minimum Gasteiger partial charge on any atom is -0.310 e. The van der Waals surface area contributed by atoms with Crippen LogP contribution in [0.15, 0.2) is 22.7 Å². The van der Waals surface area contributed by atoms with Crippen molar-refractivity contribution >= 4 is 38.5 Å². The minimum absolute atomic E-state index is 0.578. The molecule has 1 fully saturated rings. The van der Waals surface area contributed by atoms with Gasteiger partial charge in [0.2, 0.25) is 0 Å². The fourth-order valence-corrected chi connectivity index (χ4v) is 2.40. The maximum absolute atomic E-state index is 3.61. The van der Waals surface area contributed by atoms with Gasteiger partial charge in [-0.3, -0.25) is 0 Å². The van der Waals surface area contributed by atoms with Crippen molar-refractivity contribution in [3.05, 3.63) is 31.8 Å². The molecule has 1 saturated heterocycles. The predicted octanol–water partition coefficient (Wildman–Crippen LogP) is 3.09. The topological polar surface area (TPSA) is 12.0 Å². The van der Waals surface area contributed by atoms with E-state index in [2.05, 4.69) is 62.0 Å². The molecule has 0 aromatic heterocycles. The Labute approximate surface area is 94.2 Å². The molecule has 1 atom stereocenters. The Balaban J connectivity index is 2.36. The molecule has 1 aliphatic rings. The van der Waals surface area contributed by atoms with Crippen LogP contribution in [0.2, 0.25) is 0 Å². The van der Waals surface area contributed by atoms with Crippen LogP contribution in [-0.4, -0.2) is 6.54 Å². The molecule has 1 heterocycles. The number of hydrogen-bond acceptors (Lipinski definition) is 1. The second kappa shape index (κ2) is 3.64. The zero-order valence-corrected chi connectivity index (χ0v) is 10.2. The summed E-state index contributed by atoms with van der Waals surface area (Å²) in [6.45, 7) is 1.16. The van der Waals surface area contributed by atoms with E-state index in [1.165, 1.54) is 20.0 Å². The number of halogens is 2. The summed E-state index contributed by atoms with van der Waals surface area (Å²) in [6.07, 6.45) is 1.26. The molecular formula is C9H9BrIN. The molecule has 0 unspecified atom stereocenters. The van der Waals surface area contributed by atoms with Gasteiger partial charge in [0.25, 0.3) is 0 Å². The fourth-order valence-electron chi connectivity index (χ4n) is 1.34. The van der Waals surface area contributed by atoms with E-state index in [-0.39, 0.29) is 0 Å². The van der Waals surface area contributed by atoms with Crippen LogP contribution in [0.5, 0.6) is 0 Å². The van der Waals surface area contributed by atoms with E-state index in [1.807, 2.05) is 0 Å². The van der Waals surface area contributed by atoms with Gasteiger partial charge in [0, 0.05) is 14.1 Å². The van der Waals surface area contributed by atoms with Crippen molar-refractivity contribution < 1.29 is 0 Å². The maximum atomic E-state index is 3.61. The molecule has 0 spiro atoms. The molecule has 1 N–H and O–H groups in total. The second-order valence-corrected chi connectivity index (χ2v) is 4.89. The molecule has 1 aromatic rings. The van der Waals surface area contributed by atoms with Crippen molar-refractivity contribution in [2.24, 2.45) is 0 Å². The van der Waals surface area contributed by atoms with Gasteiger partial charge in [-0.05, 0) is 63.1 Å². The van der Waals surface area contributed by atoms with E-state index < -0.39 is 0 Å². The van der Waals surface area contributed by atoms with Crippen LogP contribution in [0, 0.1) is 3.57 Å². The lowest BCUT2D eigenvalue weighted by Gasteiger charge is -2.29. The van der Waals surface area contributed by atoms with Gasteiger partial charge < -0.3 is 5.32 Å². The molecule has 1 aliphatic heterocycles. The smallest absolute Gasteiger partial charge is 0.0356 e. The Bertz CT molecular complexity index is 297. The molecule has 1 nitrogen and oxygen atoms in total. The lowest BCUT2D eigenvalue weighted by Crippen LogP contribution is -2.35. The summed E-state index contributed by atoms with van der Waals surface area (Å²) in [5, 5.41) is 3.40. The van der Waals surface area contributed by atoms with Crippen LogP contribution in [0.1, 0.15) is 18.0 Å². The molecule has 0 radical (unpaired) electrons. The molecule has 0 amide bonds. The summed E-state index contributed by atoms with van der Waals surface area (Å²) in [5.41, 5.74) is 1.40. The van der Waals surface area contributed by atoms with Crippen LogP contribution < -0.4 is 5.32 Å². The van der Waals surface area contributed by atoms with E-state index in [9.17, 15) is 0 Å². The summed E-state index contributed by atoms with van der Waals surface area (Å²) in [7, 11) is 0. The Morgan fingerprint density at radius 3 is 2.83 bits per heavy atom. The van der Waals surface area contributed by atoms with Gasteiger partial charge in [0.05, 0.1) is 0 Å². The van der Waals surface area contributed by atoms with Crippen molar-refractivity contribution in [1.29, 1.82) is 0 Å². The maximum Gasteiger partial charge on any atom is 0.0356 e. The van der Waals surface area contributed by atoms with Gasteiger partial charge in [-0.2, -0.15) is 0 Å². The molecule has 3 heteroatoms. The average molecular weight is 338 g/mol. The van der Waals surface area contributed by atoms with Gasteiger partial charge in [-0.25, -0.2) is 0 Å². The zero-order valence-electron chi connectivity index (χ0n) is 6.48. The Morgan fingerprint density at radius 1 is 1.50 bits per heavy atom. The van der Waals surface area contributed by atoms with E-state index in [0.717, 1.165) is 6.54 Å². The van der Waals surface area contributed by atoms with Gasteiger partial charge in [0.15, 0.2) is 0 Å². The molecule has 64 valence electrons. The van der Waals surface area contributed by atoms with Crippen LogP contribution in [0.25, 0.3) is 0 Å². The summed E-state index contributed by atoms with van der Waals surface area (Å²) in [4.78, 5) is 0. The second-order valence-electron chi connectivity index (χ2n) is 2.94. The van der Waals surface area contributed by atoms with Crippen molar-refractivity contribution in [2.75, 3.05) is 6.54 Å². The molecular weight excluding hydrogens is 329 g/mol. The normalized spacial score (nSPS) is 22.0. The van der Waals surface area contributed by atoms with Crippen molar-refractivity contribution in [1.82, 2.24) is 5.32 Å². The molecule has 0 saturated carbocycles. The highest BCUT2D eigenvalue weighted by Crippen LogP contribution is 2.32. The molecule has 1 aromatic carbocycles. The van der Waals surface area contributed by atoms with Crippen LogP contribution in [0.4, 0.5) is 0 Å². The van der Waals surface area contributed by atoms with Crippen LogP contribution in [0.3, 0.4) is 0 Å². The lowest BCUT2D eigenvalue weighted by atomic mass is 9.98. The standard InChI is InChI=1S/C9H9BrIN/c10-9-6(8-4-5-12-8)2-1-3-7(9)11/h1-3,8,12H,4-5H2/t8-/m1/s1. The van der Waals surface area contributed by atoms with Gasteiger partial charge in [0.1, 0.15) is 0 Å². The highest BCUT2D eigenvalue weighted by Gasteiger charge is 2.20. The first-order valence-corrected chi connectivity index (χ1v) is 5.83. The third kappa shape index (κ3) is 1.54. The highest BCUT2D eigenvalue weighted by molar-refractivity contribution is 14.1. The van der Waals surface area contributed by atoms with Crippen LogP contribution >= 0.6 is 38.5 Å². The van der Waals surface area contributed by atoms with Gasteiger partial charge in [-0.1, -0.05) is 12.1 Å². The van der Waals surface area contributed by atoms with E-state index in [1.54, 1.807) is 0 Å². The molecule has 12 heavy (non-hydrogen) atoms. The number of rotatable bonds is 1. The van der Waals surface area contributed by atoms with Crippen LogP contribution in [-0.2, 0) is 0 Å². The van der Waals surface area contributed by atoms with E-state index in [4.69, 9.17) is 0 Å². The molecule has 0 aliphatic carbocycles. The Morgan fingerprint density at radius 2 is 2.25 bits per heavy atom. The molecule has 0 bridgehead atoms. The summed E-state index contributed by atoms with van der Waals surface area (Å²) >= 11 is 5.96. The SMILES string of the molecule is Brc1c(I)cccc1[C@H]1CCN1. The number of nitrogens with one attached hydrogen (secondary N) is 1. The largest absolute Gasteiger partial charge is 0.310 e. The third-order valence-electron chi connectivity index (χ3n) is 2.18. The Kier molecular flexibility index (Phi) is 2.72. The van der Waals surface area contributed by atoms with Crippen molar-refractivity contribution in [3.63, 3.8) is 0 Å². The summed E-state index contributed by atoms with van der Waals surface area (Å²) in [6, 6.07) is 6.99. The lowest BCUT2D eigenvalue weighted by molar-refractivity contribution is 0.382. The minimum atomic E-state index is 0.578. The first kappa shape index (κ1) is 8.97. The quantitative estimate of drug-likeness (QED) is 0.776. The number of benzene rings is 1. The predicted molar refractivity (Wildman–Crippen MR) is 62.2 cm³/mol. The van der Waals surface area contributed by atoms with Gasteiger partial charge >= 0.3 is 0 Å². The number of hydrogen-bond donors (Lipinski definition) is 1. The summed E-state index contributed by atoms with van der Waals surface area (Å²) < 4.78 is 2.54. The first-order valence-electron chi connectivity index (χ1n) is 3.96. The first-order chi connectivity index (χ1) is 5.79. The fraction of sp³-hybridized carbons (Fsp3) is 0.333. The summed E-state index contributed by atoms with van der Waals surface area (Å²) in [5.74, 6) is 0. The van der Waals surface area contributed by atoms with Crippen molar-refractivity contribution in [3.8, 4) is 0 Å². The molecule has 2 rings (SSSR count). The monoisotopic (exact) mass is 337 g/mol. The zero-order chi connectivity index (χ0) is 8.55. The van der Waals surface area contributed by atoms with Gasteiger partial charge in [-0.15, -0.1) is 0 Å². The third-order valence-corrected chi connectivity index (χ3v) is 4.71. The Hall–Kier alpha value is 0.390. The van der Waals surface area contributed by atoms with E-state index in [0.29, 0.717) is 6.04 Å².